The molecule has 1 heterocycles. The summed E-state index contributed by atoms with van der Waals surface area (Å²) >= 11 is 6.14. The third-order valence-electron chi connectivity index (χ3n) is 3.08. The van der Waals surface area contributed by atoms with Crippen LogP contribution in [0.2, 0.25) is 5.02 Å². The van der Waals surface area contributed by atoms with Crippen LogP contribution in [0.15, 0.2) is 30.5 Å². The first-order chi connectivity index (χ1) is 10.5. The van der Waals surface area contributed by atoms with E-state index in [1.807, 2.05) is 25.1 Å². The number of benzene rings is 1. The molecule has 2 rings (SSSR count). The Morgan fingerprint density at radius 1 is 1.45 bits per heavy atom. The van der Waals surface area contributed by atoms with Gasteiger partial charge in [-0.2, -0.15) is 0 Å². The van der Waals surface area contributed by atoms with Crippen LogP contribution in [0, 0.1) is 6.92 Å². The van der Waals surface area contributed by atoms with E-state index in [0.29, 0.717) is 23.8 Å². The molecule has 1 atom stereocenters. The Morgan fingerprint density at radius 3 is 2.86 bits per heavy atom. The lowest BCUT2D eigenvalue weighted by atomic mass is 10.3. The molecule has 0 aliphatic rings. The molecule has 118 valence electrons. The van der Waals surface area contributed by atoms with E-state index in [4.69, 9.17) is 16.7 Å². The van der Waals surface area contributed by atoms with Gasteiger partial charge in [-0.05, 0) is 32.4 Å². The van der Waals surface area contributed by atoms with Crippen molar-refractivity contribution in [1.82, 2.24) is 15.1 Å². The van der Waals surface area contributed by atoms with Gasteiger partial charge in [-0.15, -0.1) is 5.10 Å². The van der Waals surface area contributed by atoms with Gasteiger partial charge in [0.1, 0.15) is 0 Å². The zero-order valence-corrected chi connectivity index (χ0v) is 13.3. The van der Waals surface area contributed by atoms with Crippen molar-refractivity contribution in [3.05, 3.63) is 41.0 Å². The summed E-state index contributed by atoms with van der Waals surface area (Å²) in [4.78, 5) is 11.8. The van der Waals surface area contributed by atoms with E-state index in [-0.39, 0.29) is 6.03 Å². The lowest BCUT2D eigenvalue weighted by Crippen LogP contribution is -2.31. The number of aromatic nitrogens is 2. The zero-order valence-electron chi connectivity index (χ0n) is 12.5. The zero-order chi connectivity index (χ0) is 16.1. The monoisotopic (exact) mass is 322 g/mol. The maximum absolute atomic E-state index is 11.8. The number of nitrogens with one attached hydrogen (secondary N) is 2. The minimum absolute atomic E-state index is 0.354. The normalized spacial score (nSPS) is 12.0. The van der Waals surface area contributed by atoms with Crippen molar-refractivity contribution in [3.8, 4) is 5.69 Å². The fraction of sp³-hybridized carbons (Fsp3) is 0.333. The van der Waals surface area contributed by atoms with Gasteiger partial charge in [0.25, 0.3) is 0 Å². The van der Waals surface area contributed by atoms with Crippen LogP contribution in [0.25, 0.3) is 5.69 Å². The van der Waals surface area contributed by atoms with E-state index in [1.165, 1.54) is 0 Å². The van der Waals surface area contributed by atoms with Gasteiger partial charge in [0, 0.05) is 18.3 Å². The summed E-state index contributed by atoms with van der Waals surface area (Å²) in [7, 11) is 0. The number of carbonyl (C=O) groups is 1. The molecule has 0 saturated carbocycles. The molecule has 3 N–H and O–H groups in total. The van der Waals surface area contributed by atoms with Gasteiger partial charge in [0.05, 0.1) is 16.8 Å². The predicted molar refractivity (Wildman–Crippen MR) is 86.6 cm³/mol. The second kappa shape index (κ2) is 7.29. The number of aliphatic hydroxyl groups excluding tert-OH is 1. The van der Waals surface area contributed by atoms with Crippen LogP contribution in [-0.2, 0) is 0 Å². The van der Waals surface area contributed by atoms with E-state index in [9.17, 15) is 4.79 Å². The molecule has 0 aliphatic carbocycles. The van der Waals surface area contributed by atoms with Gasteiger partial charge in [-0.1, -0.05) is 23.7 Å². The summed E-state index contributed by atoms with van der Waals surface area (Å²) in [6.07, 6.45) is 1.86. The van der Waals surface area contributed by atoms with Gasteiger partial charge in [-0.3, -0.25) is 5.32 Å². The first kappa shape index (κ1) is 16.3. The van der Waals surface area contributed by atoms with E-state index in [2.05, 4.69) is 15.7 Å². The third-order valence-corrected chi connectivity index (χ3v) is 3.40. The Hall–Kier alpha value is -2.05. The Balaban J connectivity index is 2.04. The number of carbonyl (C=O) groups excluding carboxylic acids is 1. The number of urea groups is 1. The number of hydrogen-bond acceptors (Lipinski definition) is 3. The minimum atomic E-state index is -0.443. The molecule has 0 fully saturated rings. The number of halogens is 1. The molecule has 7 heteroatoms. The summed E-state index contributed by atoms with van der Waals surface area (Å²) in [6.45, 7) is 3.93. The molecule has 0 bridgehead atoms. The molecule has 1 unspecified atom stereocenters. The summed E-state index contributed by atoms with van der Waals surface area (Å²) in [5.41, 5.74) is 1.57. The van der Waals surface area contributed by atoms with Gasteiger partial charge < -0.3 is 10.4 Å². The van der Waals surface area contributed by atoms with Crippen LogP contribution < -0.4 is 10.6 Å². The highest BCUT2D eigenvalue weighted by molar-refractivity contribution is 6.32. The Bertz CT molecular complexity index is 655. The van der Waals surface area contributed by atoms with Gasteiger partial charge in [0.2, 0.25) is 0 Å². The molecule has 2 aromatic rings. The SMILES string of the molecule is Cc1cn(-c2ccccc2Cl)nc1NC(=O)NCCC(C)O. The van der Waals surface area contributed by atoms with E-state index >= 15 is 0 Å². The molecule has 1 aromatic heterocycles. The van der Waals surface area contributed by atoms with Crippen LogP contribution in [0.4, 0.5) is 10.6 Å². The van der Waals surface area contributed by atoms with Gasteiger partial charge in [-0.25, -0.2) is 9.48 Å². The maximum Gasteiger partial charge on any atom is 0.320 e. The van der Waals surface area contributed by atoms with Crippen LogP contribution in [-0.4, -0.2) is 33.6 Å². The quantitative estimate of drug-likeness (QED) is 0.792. The highest BCUT2D eigenvalue weighted by Gasteiger charge is 2.11. The number of aryl methyl sites for hydroxylation is 1. The van der Waals surface area contributed by atoms with Gasteiger partial charge >= 0.3 is 6.03 Å². The Kier molecular flexibility index (Phi) is 5.41. The summed E-state index contributed by atoms with van der Waals surface area (Å²) < 4.78 is 1.63. The third kappa shape index (κ3) is 4.22. The molecular weight excluding hydrogens is 304 g/mol. The maximum atomic E-state index is 11.8. The second-order valence-electron chi connectivity index (χ2n) is 5.08. The first-order valence-electron chi connectivity index (χ1n) is 7.01. The van der Waals surface area contributed by atoms with Crippen molar-refractivity contribution in [2.24, 2.45) is 0 Å². The lowest BCUT2D eigenvalue weighted by Gasteiger charge is -2.07. The summed E-state index contributed by atoms with van der Waals surface area (Å²) in [6, 6.07) is 6.99. The number of aliphatic hydroxyl groups is 1. The van der Waals surface area contributed by atoms with Crippen LogP contribution in [0.3, 0.4) is 0 Å². The molecule has 0 saturated heterocycles. The lowest BCUT2D eigenvalue weighted by molar-refractivity contribution is 0.184. The van der Waals surface area contributed by atoms with Crippen molar-refractivity contribution in [2.45, 2.75) is 26.4 Å². The molecule has 1 aromatic carbocycles. The van der Waals surface area contributed by atoms with Crippen LogP contribution >= 0.6 is 11.6 Å². The molecule has 0 spiro atoms. The minimum Gasteiger partial charge on any atom is -0.393 e. The van der Waals surface area contributed by atoms with Crippen molar-refractivity contribution >= 4 is 23.4 Å². The van der Waals surface area contributed by atoms with Crippen LogP contribution in [0.5, 0.6) is 0 Å². The molecule has 0 radical (unpaired) electrons. The summed E-state index contributed by atoms with van der Waals surface area (Å²) in [5, 5.41) is 19.4. The molecular formula is C15H19ClN4O2. The van der Waals surface area contributed by atoms with Crippen molar-refractivity contribution < 1.29 is 9.90 Å². The van der Waals surface area contributed by atoms with E-state index in [1.54, 1.807) is 23.9 Å². The fourth-order valence-corrected chi connectivity index (χ4v) is 2.11. The number of hydrogen-bond donors (Lipinski definition) is 3. The van der Waals surface area contributed by atoms with E-state index in [0.717, 1.165) is 11.3 Å². The fourth-order valence-electron chi connectivity index (χ4n) is 1.89. The molecule has 0 aliphatic heterocycles. The van der Waals surface area contributed by atoms with Crippen LogP contribution in [0.1, 0.15) is 18.9 Å². The van der Waals surface area contributed by atoms with Crippen molar-refractivity contribution in [1.29, 1.82) is 0 Å². The average Bonchev–Trinajstić information content (AvgIpc) is 2.80. The van der Waals surface area contributed by atoms with E-state index < -0.39 is 6.10 Å². The highest BCUT2D eigenvalue weighted by Crippen LogP contribution is 2.22. The average molecular weight is 323 g/mol. The Labute approximate surface area is 134 Å². The smallest absolute Gasteiger partial charge is 0.320 e. The number of nitrogens with zero attached hydrogens (tertiary/aromatic N) is 2. The van der Waals surface area contributed by atoms with Crippen molar-refractivity contribution in [3.63, 3.8) is 0 Å². The highest BCUT2D eigenvalue weighted by atomic mass is 35.5. The summed E-state index contributed by atoms with van der Waals surface area (Å²) in [5.74, 6) is 0.467. The molecule has 6 nitrogen and oxygen atoms in total. The topological polar surface area (TPSA) is 79.2 Å². The largest absolute Gasteiger partial charge is 0.393 e. The number of para-hydroxylation sites is 1. The number of amides is 2. The Morgan fingerprint density at radius 2 is 2.18 bits per heavy atom. The second-order valence-corrected chi connectivity index (χ2v) is 5.48. The molecule has 2 amide bonds. The first-order valence-corrected chi connectivity index (χ1v) is 7.39. The molecule has 22 heavy (non-hydrogen) atoms. The standard InChI is InChI=1S/C15H19ClN4O2/c1-10-9-20(13-6-4-3-5-12(13)16)19-14(10)18-15(22)17-8-7-11(2)21/h3-6,9,11,21H,7-8H2,1-2H3,(H2,17,18,19,22). The van der Waals surface area contributed by atoms with Crippen molar-refractivity contribution in [2.75, 3.05) is 11.9 Å². The van der Waals surface area contributed by atoms with Gasteiger partial charge in [0.15, 0.2) is 5.82 Å². The number of rotatable bonds is 5. The number of anilines is 1. The predicted octanol–water partition coefficient (Wildman–Crippen LogP) is 2.73.